The van der Waals surface area contributed by atoms with E-state index in [1.807, 2.05) is 0 Å². The molecule has 5 heteroatoms. The molecule has 0 aromatic carbocycles. The molecule has 18 heavy (non-hydrogen) atoms. The Morgan fingerprint density at radius 2 is 1.28 bits per heavy atom. The topological polar surface area (TPSA) is 49.4 Å². The van der Waals surface area contributed by atoms with Crippen LogP contribution >= 0.6 is 0 Å². The Balaban J connectivity index is -0.00000128. The zero-order valence-electron chi connectivity index (χ0n) is 13.1. The average molecular weight is 271 g/mol. The van der Waals surface area contributed by atoms with Crippen molar-refractivity contribution in [1.29, 1.82) is 0 Å². The van der Waals surface area contributed by atoms with E-state index in [2.05, 4.69) is 11.1 Å². The van der Waals surface area contributed by atoms with Crippen LogP contribution < -0.4 is 18.9 Å². The summed E-state index contributed by atoms with van der Waals surface area (Å²) < 4.78 is 24.6. The summed E-state index contributed by atoms with van der Waals surface area (Å²) in [4.78, 5) is 0. The molecule has 0 N–H and O–H groups in total. The second-order valence-corrected chi connectivity index (χ2v) is 5.21. The van der Waals surface area contributed by atoms with Gasteiger partial charge < -0.3 is 10.2 Å². The standard InChI is InChI=1S/C13H28O3S.Li.H/c1-2-3-4-5-6-7-8-9-10-11-12-13-16-17(14)15;;/h2-13H2,1H3,(H,14,15);;/q;+1;-1/p-1. The van der Waals surface area contributed by atoms with Crippen LogP contribution in [0.2, 0.25) is 0 Å². The molecule has 0 aliphatic rings. The first-order valence-corrected chi connectivity index (χ1v) is 8.00. The van der Waals surface area contributed by atoms with Gasteiger partial charge in [0, 0.05) is 0 Å². The van der Waals surface area contributed by atoms with Crippen LogP contribution in [0.3, 0.4) is 0 Å². The van der Waals surface area contributed by atoms with Crippen molar-refractivity contribution >= 4 is 11.4 Å². The Hall–Kier alpha value is 0.667. The van der Waals surface area contributed by atoms with E-state index in [1.54, 1.807) is 0 Å². The van der Waals surface area contributed by atoms with Crippen molar-refractivity contribution in [2.75, 3.05) is 6.61 Å². The minimum atomic E-state index is -2.33. The Kier molecular flexibility index (Phi) is 20.6. The quantitative estimate of drug-likeness (QED) is 0.287. The third-order valence-electron chi connectivity index (χ3n) is 2.93. The number of rotatable bonds is 13. The summed E-state index contributed by atoms with van der Waals surface area (Å²) in [7, 11) is 0. The van der Waals surface area contributed by atoms with Gasteiger partial charge in [-0.2, -0.15) is 0 Å². The summed E-state index contributed by atoms with van der Waals surface area (Å²) in [6.07, 6.45) is 13.9. The molecular weight excluding hydrogens is 243 g/mol. The molecule has 0 bridgehead atoms. The maximum absolute atomic E-state index is 10.1. The second-order valence-electron chi connectivity index (χ2n) is 4.56. The van der Waals surface area contributed by atoms with Gasteiger partial charge in [0.15, 0.2) is 0 Å². The van der Waals surface area contributed by atoms with Crippen LogP contribution in [0.25, 0.3) is 0 Å². The first-order valence-electron chi connectivity index (χ1n) is 7.00. The minimum absolute atomic E-state index is 0. The summed E-state index contributed by atoms with van der Waals surface area (Å²) in [5.74, 6) is 0. The zero-order chi connectivity index (χ0) is 12.8. The molecule has 106 valence electrons. The van der Waals surface area contributed by atoms with Crippen LogP contribution in [0, 0.1) is 0 Å². The van der Waals surface area contributed by atoms with Crippen molar-refractivity contribution in [3.63, 3.8) is 0 Å². The summed E-state index contributed by atoms with van der Waals surface area (Å²) in [6.45, 7) is 2.58. The van der Waals surface area contributed by atoms with Crippen molar-refractivity contribution in [3.05, 3.63) is 0 Å². The predicted molar refractivity (Wildman–Crippen MR) is 72.4 cm³/mol. The fraction of sp³-hybridized carbons (Fsp3) is 1.00. The molecule has 0 aromatic rings. The molecule has 0 spiro atoms. The number of hydrogen-bond acceptors (Lipinski definition) is 3. The summed E-state index contributed by atoms with van der Waals surface area (Å²) >= 11 is -2.33. The summed E-state index contributed by atoms with van der Waals surface area (Å²) in [5.41, 5.74) is 0. The molecule has 3 nitrogen and oxygen atoms in total. The van der Waals surface area contributed by atoms with Gasteiger partial charge in [-0.1, -0.05) is 71.1 Å². The molecule has 1 atom stereocenters. The molecular formula is C13H28LiO3S-. The van der Waals surface area contributed by atoms with E-state index >= 15 is 0 Å². The molecule has 0 rings (SSSR count). The molecule has 0 heterocycles. The molecule has 1 unspecified atom stereocenters. The monoisotopic (exact) mass is 271 g/mol. The Morgan fingerprint density at radius 3 is 1.67 bits per heavy atom. The van der Waals surface area contributed by atoms with Gasteiger partial charge in [0.1, 0.15) is 0 Å². The van der Waals surface area contributed by atoms with Crippen LogP contribution in [-0.4, -0.2) is 15.4 Å². The van der Waals surface area contributed by atoms with E-state index in [4.69, 9.17) is 0 Å². The first-order chi connectivity index (χ1) is 8.27. The maximum Gasteiger partial charge on any atom is 1.00 e. The molecule has 0 amide bonds. The Bertz CT molecular complexity index is 185. The van der Waals surface area contributed by atoms with Crippen LogP contribution in [0.15, 0.2) is 0 Å². The summed E-state index contributed by atoms with van der Waals surface area (Å²) in [5, 5.41) is 0. The van der Waals surface area contributed by atoms with E-state index in [0.717, 1.165) is 12.8 Å². The molecule has 0 fully saturated rings. The second kappa shape index (κ2) is 17.7. The third kappa shape index (κ3) is 19.0. The fourth-order valence-electron chi connectivity index (χ4n) is 1.89. The maximum atomic E-state index is 10.1. The van der Waals surface area contributed by atoms with Crippen molar-refractivity contribution in [2.45, 2.75) is 77.6 Å². The molecule has 0 saturated heterocycles. The van der Waals surface area contributed by atoms with Crippen LogP contribution in [0.1, 0.15) is 79.0 Å². The van der Waals surface area contributed by atoms with Crippen molar-refractivity contribution in [2.24, 2.45) is 0 Å². The first kappa shape index (κ1) is 21.0. The van der Waals surface area contributed by atoms with Crippen molar-refractivity contribution in [1.82, 2.24) is 0 Å². The number of unbranched alkanes of at least 4 members (excludes halogenated alkanes) is 10. The van der Waals surface area contributed by atoms with Gasteiger partial charge in [-0.05, 0) is 6.42 Å². The van der Waals surface area contributed by atoms with Crippen molar-refractivity contribution < 1.29 is 33.2 Å². The van der Waals surface area contributed by atoms with Gasteiger partial charge in [0.25, 0.3) is 0 Å². The van der Waals surface area contributed by atoms with E-state index < -0.39 is 11.4 Å². The largest absolute Gasteiger partial charge is 1.00 e. The van der Waals surface area contributed by atoms with E-state index in [0.29, 0.717) is 6.61 Å². The molecule has 0 radical (unpaired) electrons. The summed E-state index contributed by atoms with van der Waals surface area (Å²) in [6, 6.07) is 0. The van der Waals surface area contributed by atoms with Gasteiger partial charge in [-0.15, -0.1) is 0 Å². The van der Waals surface area contributed by atoms with E-state index in [1.165, 1.54) is 57.8 Å². The molecule has 0 aliphatic heterocycles. The van der Waals surface area contributed by atoms with Crippen LogP contribution in [0.5, 0.6) is 0 Å². The smallest absolute Gasteiger partial charge is 1.00 e. The normalized spacial score (nSPS) is 12.1. The van der Waals surface area contributed by atoms with Crippen LogP contribution in [-0.2, 0) is 15.5 Å². The SMILES string of the molecule is CCCCCCCCCCCCCOS(=O)[O-].[H-].[Li+]. The number of hydrogen-bond donors (Lipinski definition) is 0. The van der Waals surface area contributed by atoms with E-state index in [-0.39, 0.29) is 20.3 Å². The van der Waals surface area contributed by atoms with Gasteiger partial charge in [0.2, 0.25) is 0 Å². The Morgan fingerprint density at radius 1 is 0.889 bits per heavy atom. The van der Waals surface area contributed by atoms with E-state index in [9.17, 15) is 8.76 Å². The van der Waals surface area contributed by atoms with Gasteiger partial charge in [-0.25, -0.2) is 4.21 Å². The van der Waals surface area contributed by atoms with Crippen LogP contribution in [0.4, 0.5) is 0 Å². The third-order valence-corrected chi connectivity index (χ3v) is 3.29. The Labute approximate surface area is 129 Å². The van der Waals surface area contributed by atoms with Gasteiger partial charge in [-0.3, -0.25) is 0 Å². The zero-order valence-corrected chi connectivity index (χ0v) is 12.9. The fourth-order valence-corrected chi connectivity index (χ4v) is 2.15. The molecule has 0 aromatic heterocycles. The average Bonchev–Trinajstić information content (AvgIpc) is 2.30. The minimum Gasteiger partial charge on any atom is -1.00 e. The molecule has 0 saturated carbocycles. The van der Waals surface area contributed by atoms with Gasteiger partial charge in [0.05, 0.1) is 18.0 Å². The predicted octanol–water partition coefficient (Wildman–Crippen LogP) is 1.22. The van der Waals surface area contributed by atoms with Crippen molar-refractivity contribution in [3.8, 4) is 0 Å². The molecule has 0 aliphatic carbocycles. The van der Waals surface area contributed by atoms with Gasteiger partial charge >= 0.3 is 18.9 Å².